The second kappa shape index (κ2) is 10.3. The number of methoxy groups -OCH3 is 3. The van der Waals surface area contributed by atoms with Gasteiger partial charge in [0.2, 0.25) is 0 Å². The zero-order valence-corrected chi connectivity index (χ0v) is 20.2. The van der Waals surface area contributed by atoms with Crippen LogP contribution in [0.25, 0.3) is 22.5 Å². The van der Waals surface area contributed by atoms with Crippen molar-refractivity contribution in [2.45, 2.75) is 13.5 Å². The van der Waals surface area contributed by atoms with Gasteiger partial charge in [-0.2, -0.15) is 0 Å². The number of aromatic nitrogens is 1. The van der Waals surface area contributed by atoms with Crippen LogP contribution in [0, 0.1) is 6.92 Å². The Kier molecular flexibility index (Phi) is 7.01. The summed E-state index contributed by atoms with van der Waals surface area (Å²) in [5, 5.41) is 0. The van der Waals surface area contributed by atoms with Crippen molar-refractivity contribution in [2.24, 2.45) is 0 Å². The highest BCUT2D eigenvalue weighted by Crippen LogP contribution is 2.39. The number of nitrogens with zero attached hydrogens (tertiary/aromatic N) is 1. The number of hydrogen-bond acceptors (Lipinski definition) is 5. The van der Waals surface area contributed by atoms with Gasteiger partial charge in [0.15, 0.2) is 0 Å². The van der Waals surface area contributed by atoms with E-state index in [1.807, 2.05) is 90.4 Å². The van der Waals surface area contributed by atoms with E-state index in [4.69, 9.17) is 14.2 Å². The van der Waals surface area contributed by atoms with Gasteiger partial charge in [0, 0.05) is 6.54 Å². The lowest BCUT2D eigenvalue weighted by atomic mass is 10.0. The van der Waals surface area contributed by atoms with E-state index >= 15 is 0 Å². The minimum atomic E-state index is -0.614. The molecule has 0 aliphatic carbocycles. The molecule has 0 N–H and O–H groups in total. The highest BCUT2D eigenvalue weighted by atomic mass is 16.5. The van der Waals surface area contributed by atoms with E-state index in [0.29, 0.717) is 23.7 Å². The molecule has 0 saturated carbocycles. The first-order valence-electron chi connectivity index (χ1n) is 11.2. The van der Waals surface area contributed by atoms with Gasteiger partial charge in [-0.05, 0) is 47.9 Å². The molecule has 0 aliphatic heterocycles. The molecular formula is C29H27NO5. The Morgan fingerprint density at radius 1 is 0.686 bits per heavy atom. The number of benzene rings is 3. The van der Waals surface area contributed by atoms with Crippen LogP contribution >= 0.6 is 0 Å². The van der Waals surface area contributed by atoms with Gasteiger partial charge in [-0.25, -0.2) is 9.59 Å². The lowest BCUT2D eigenvalue weighted by Gasteiger charge is -2.16. The number of carbonyl (C=O) groups excluding carboxylic acids is 2. The van der Waals surface area contributed by atoms with Crippen molar-refractivity contribution in [3.8, 4) is 28.3 Å². The van der Waals surface area contributed by atoms with E-state index in [-0.39, 0.29) is 11.1 Å². The molecule has 6 nitrogen and oxygen atoms in total. The third-order valence-electron chi connectivity index (χ3n) is 5.91. The molecule has 35 heavy (non-hydrogen) atoms. The fourth-order valence-corrected chi connectivity index (χ4v) is 4.20. The van der Waals surface area contributed by atoms with E-state index in [1.54, 1.807) is 7.11 Å². The molecule has 0 amide bonds. The Labute approximate surface area is 204 Å². The Bertz CT molecular complexity index is 1340. The van der Waals surface area contributed by atoms with Crippen molar-refractivity contribution in [3.05, 3.63) is 101 Å². The summed E-state index contributed by atoms with van der Waals surface area (Å²) in [7, 11) is 4.21. The number of hydrogen-bond donors (Lipinski definition) is 0. The lowest BCUT2D eigenvalue weighted by molar-refractivity contribution is 0.0558. The number of ether oxygens (including phenoxy) is 3. The van der Waals surface area contributed by atoms with Gasteiger partial charge >= 0.3 is 11.9 Å². The molecule has 0 bridgehead atoms. The van der Waals surface area contributed by atoms with Crippen molar-refractivity contribution in [1.29, 1.82) is 0 Å². The van der Waals surface area contributed by atoms with E-state index in [1.165, 1.54) is 14.2 Å². The van der Waals surface area contributed by atoms with Gasteiger partial charge in [-0.1, -0.05) is 60.2 Å². The highest BCUT2D eigenvalue weighted by molar-refractivity contribution is 6.12. The number of rotatable bonds is 7. The molecule has 6 heteroatoms. The van der Waals surface area contributed by atoms with Crippen LogP contribution in [0.15, 0.2) is 78.9 Å². The summed E-state index contributed by atoms with van der Waals surface area (Å²) in [4.78, 5) is 26.4. The van der Waals surface area contributed by atoms with Crippen molar-refractivity contribution in [3.63, 3.8) is 0 Å². The predicted molar refractivity (Wildman–Crippen MR) is 135 cm³/mol. The molecule has 3 aromatic carbocycles. The molecule has 0 atom stereocenters. The summed E-state index contributed by atoms with van der Waals surface area (Å²) >= 11 is 0. The fraction of sp³-hybridized carbons (Fsp3) is 0.172. The van der Waals surface area contributed by atoms with Crippen LogP contribution in [0.3, 0.4) is 0 Å². The Morgan fingerprint density at radius 3 is 1.63 bits per heavy atom. The normalized spacial score (nSPS) is 10.6. The predicted octanol–water partition coefficient (Wildman–Crippen LogP) is 5.76. The van der Waals surface area contributed by atoms with Crippen LogP contribution in [0.4, 0.5) is 0 Å². The monoisotopic (exact) mass is 469 g/mol. The molecule has 0 spiro atoms. The largest absolute Gasteiger partial charge is 0.497 e. The molecule has 4 aromatic rings. The van der Waals surface area contributed by atoms with Crippen LogP contribution in [0.5, 0.6) is 5.75 Å². The molecule has 0 unspecified atom stereocenters. The first-order valence-corrected chi connectivity index (χ1v) is 11.2. The fourth-order valence-electron chi connectivity index (χ4n) is 4.20. The molecule has 4 rings (SSSR count). The Morgan fingerprint density at radius 2 is 1.17 bits per heavy atom. The van der Waals surface area contributed by atoms with Crippen LogP contribution < -0.4 is 4.74 Å². The van der Waals surface area contributed by atoms with Crippen molar-refractivity contribution in [2.75, 3.05) is 21.3 Å². The average Bonchev–Trinajstić information content (AvgIpc) is 3.23. The van der Waals surface area contributed by atoms with E-state index in [2.05, 4.69) is 0 Å². The average molecular weight is 470 g/mol. The van der Waals surface area contributed by atoms with Gasteiger partial charge < -0.3 is 18.8 Å². The third-order valence-corrected chi connectivity index (χ3v) is 5.91. The summed E-state index contributed by atoms with van der Waals surface area (Å²) in [6.45, 7) is 2.42. The van der Waals surface area contributed by atoms with Crippen LogP contribution in [0.2, 0.25) is 0 Å². The van der Waals surface area contributed by atoms with Crippen molar-refractivity contribution < 1.29 is 23.8 Å². The SMILES string of the molecule is COC(=O)c1c(C(=O)OC)c(-c2ccc(OC)cc2)n(Cc2ccccc2)c1-c1ccc(C)cc1. The van der Waals surface area contributed by atoms with Gasteiger partial charge in [0.25, 0.3) is 0 Å². The molecule has 0 fully saturated rings. The van der Waals surface area contributed by atoms with Crippen molar-refractivity contribution in [1.82, 2.24) is 4.57 Å². The topological polar surface area (TPSA) is 66.8 Å². The van der Waals surface area contributed by atoms with E-state index < -0.39 is 11.9 Å². The molecule has 1 heterocycles. The second-order valence-corrected chi connectivity index (χ2v) is 8.10. The first kappa shape index (κ1) is 23.8. The van der Waals surface area contributed by atoms with E-state index in [0.717, 1.165) is 22.3 Å². The third kappa shape index (κ3) is 4.68. The minimum Gasteiger partial charge on any atom is -0.497 e. The van der Waals surface area contributed by atoms with Crippen LogP contribution in [-0.4, -0.2) is 37.8 Å². The minimum absolute atomic E-state index is 0.163. The zero-order chi connectivity index (χ0) is 24.9. The maximum atomic E-state index is 13.2. The molecule has 178 valence electrons. The number of esters is 2. The summed E-state index contributed by atoms with van der Waals surface area (Å²) in [5.74, 6) is -0.541. The lowest BCUT2D eigenvalue weighted by Crippen LogP contribution is -2.11. The quantitative estimate of drug-likeness (QED) is 0.322. The van der Waals surface area contributed by atoms with Gasteiger partial charge in [-0.15, -0.1) is 0 Å². The van der Waals surface area contributed by atoms with Crippen molar-refractivity contribution >= 4 is 11.9 Å². The molecule has 0 aliphatic rings. The molecular weight excluding hydrogens is 442 g/mol. The van der Waals surface area contributed by atoms with Crippen LogP contribution in [-0.2, 0) is 16.0 Å². The summed E-state index contributed by atoms with van der Waals surface area (Å²) in [6.07, 6.45) is 0. The van der Waals surface area contributed by atoms with Gasteiger partial charge in [0.05, 0.1) is 32.7 Å². The first-order chi connectivity index (χ1) is 17.0. The Hall–Kier alpha value is -4.32. The standard InChI is InChI=1S/C29H27NO5/c1-19-10-12-21(13-11-19)26-24(28(31)34-3)25(29(32)35-4)27(22-14-16-23(33-2)17-15-22)30(26)18-20-8-6-5-7-9-20/h5-17H,18H2,1-4H3. The van der Waals surface area contributed by atoms with Gasteiger partial charge in [-0.3, -0.25) is 0 Å². The highest BCUT2D eigenvalue weighted by Gasteiger charge is 2.34. The van der Waals surface area contributed by atoms with E-state index in [9.17, 15) is 9.59 Å². The molecule has 0 saturated heterocycles. The van der Waals surface area contributed by atoms with Crippen LogP contribution in [0.1, 0.15) is 31.8 Å². The zero-order valence-electron chi connectivity index (χ0n) is 20.2. The summed E-state index contributed by atoms with van der Waals surface area (Å²) in [5.41, 5.74) is 5.12. The Balaban J connectivity index is 2.13. The molecule has 0 radical (unpaired) electrons. The van der Waals surface area contributed by atoms with Gasteiger partial charge in [0.1, 0.15) is 16.9 Å². The molecule has 1 aromatic heterocycles. The smallest absolute Gasteiger partial charge is 0.340 e. The summed E-state index contributed by atoms with van der Waals surface area (Å²) < 4.78 is 17.6. The number of aryl methyl sites for hydroxylation is 1. The summed E-state index contributed by atoms with van der Waals surface area (Å²) in [6, 6.07) is 25.1. The second-order valence-electron chi connectivity index (χ2n) is 8.10. The number of carbonyl (C=O) groups is 2. The maximum absolute atomic E-state index is 13.2. The maximum Gasteiger partial charge on any atom is 0.340 e.